The second kappa shape index (κ2) is 9.51. The highest BCUT2D eigenvalue weighted by molar-refractivity contribution is 6.30. The van der Waals surface area contributed by atoms with Gasteiger partial charge in [-0.3, -0.25) is 9.59 Å². The zero-order valence-corrected chi connectivity index (χ0v) is 19.1. The maximum Gasteiger partial charge on any atom is 0.246 e. The molecule has 1 aliphatic carbocycles. The zero-order valence-electron chi connectivity index (χ0n) is 18.3. The summed E-state index contributed by atoms with van der Waals surface area (Å²) in [6.07, 6.45) is 8.38. The van der Waals surface area contributed by atoms with Gasteiger partial charge in [0.15, 0.2) is 0 Å². The van der Waals surface area contributed by atoms with Gasteiger partial charge in [0, 0.05) is 55.3 Å². The molecule has 8 heteroatoms. The molecule has 0 spiro atoms. The van der Waals surface area contributed by atoms with Gasteiger partial charge in [0.25, 0.3) is 0 Å². The van der Waals surface area contributed by atoms with E-state index in [0.717, 1.165) is 63.8 Å². The van der Waals surface area contributed by atoms with E-state index in [1.165, 1.54) is 0 Å². The van der Waals surface area contributed by atoms with E-state index < -0.39 is 0 Å². The molecule has 0 radical (unpaired) electrons. The SMILES string of the molecule is O=C(/C=C/c1ccc(Cl)cc1)N1C[C@H]2CCN(C(=O)C3CCC4NNNC4C3)CC[C@H]2C1. The van der Waals surface area contributed by atoms with Crippen LogP contribution in [-0.4, -0.2) is 59.9 Å². The van der Waals surface area contributed by atoms with Crippen LogP contribution in [0.3, 0.4) is 0 Å². The highest BCUT2D eigenvalue weighted by Gasteiger charge is 2.40. The normalized spacial score (nSPS) is 32.6. The highest BCUT2D eigenvalue weighted by atomic mass is 35.5. The van der Waals surface area contributed by atoms with Crippen LogP contribution in [0.15, 0.2) is 30.3 Å². The molecular formula is C24H32ClN5O2. The number of halogens is 1. The Morgan fingerprint density at radius 3 is 2.31 bits per heavy atom. The molecule has 2 amide bonds. The molecule has 1 aromatic rings. The quantitative estimate of drug-likeness (QED) is 0.607. The van der Waals surface area contributed by atoms with Crippen molar-refractivity contribution in [3.63, 3.8) is 0 Å². The number of hydrogen-bond acceptors (Lipinski definition) is 5. The second-order valence-corrected chi connectivity index (χ2v) is 10.1. The molecule has 3 heterocycles. The first-order valence-electron chi connectivity index (χ1n) is 11.8. The predicted molar refractivity (Wildman–Crippen MR) is 124 cm³/mol. The molecule has 0 aromatic heterocycles. The van der Waals surface area contributed by atoms with E-state index in [4.69, 9.17) is 11.6 Å². The number of hydrazine groups is 2. The molecule has 32 heavy (non-hydrogen) atoms. The van der Waals surface area contributed by atoms with Gasteiger partial charge >= 0.3 is 0 Å². The molecule has 5 rings (SSSR count). The van der Waals surface area contributed by atoms with Crippen molar-refractivity contribution in [2.75, 3.05) is 26.2 Å². The summed E-state index contributed by atoms with van der Waals surface area (Å²) in [6, 6.07) is 8.25. The van der Waals surface area contributed by atoms with Crippen LogP contribution in [0.2, 0.25) is 5.02 Å². The Morgan fingerprint density at radius 2 is 1.59 bits per heavy atom. The van der Waals surface area contributed by atoms with E-state index >= 15 is 0 Å². The van der Waals surface area contributed by atoms with Crippen LogP contribution in [0.25, 0.3) is 6.08 Å². The Kier molecular flexibility index (Phi) is 6.51. The summed E-state index contributed by atoms with van der Waals surface area (Å²) >= 11 is 5.92. The second-order valence-electron chi connectivity index (χ2n) is 9.69. The largest absolute Gasteiger partial charge is 0.342 e. The highest BCUT2D eigenvalue weighted by Crippen LogP contribution is 2.34. The van der Waals surface area contributed by atoms with Gasteiger partial charge in [-0.1, -0.05) is 23.7 Å². The number of fused-ring (bicyclic) bond motifs is 2. The van der Waals surface area contributed by atoms with Crippen LogP contribution >= 0.6 is 11.6 Å². The molecule has 3 unspecified atom stereocenters. The van der Waals surface area contributed by atoms with Crippen molar-refractivity contribution in [3.8, 4) is 0 Å². The number of rotatable bonds is 3. The van der Waals surface area contributed by atoms with Crippen LogP contribution in [0.5, 0.6) is 0 Å². The number of carbonyl (C=O) groups excluding carboxylic acids is 2. The van der Waals surface area contributed by atoms with Crippen molar-refractivity contribution in [2.24, 2.45) is 17.8 Å². The molecule has 5 atom stereocenters. The third-order valence-corrected chi connectivity index (χ3v) is 7.99. The fourth-order valence-electron chi connectivity index (χ4n) is 5.81. The lowest BCUT2D eigenvalue weighted by atomic mass is 9.82. The van der Waals surface area contributed by atoms with Crippen LogP contribution in [0, 0.1) is 17.8 Å². The third kappa shape index (κ3) is 4.71. The predicted octanol–water partition coefficient (Wildman–Crippen LogP) is 2.20. The van der Waals surface area contributed by atoms with Crippen molar-refractivity contribution in [1.29, 1.82) is 0 Å². The van der Waals surface area contributed by atoms with Crippen LogP contribution in [0.1, 0.15) is 37.7 Å². The summed E-state index contributed by atoms with van der Waals surface area (Å²) in [4.78, 5) is 30.0. The molecule has 0 bridgehead atoms. The first-order valence-corrected chi connectivity index (χ1v) is 12.2. The van der Waals surface area contributed by atoms with Crippen molar-refractivity contribution >= 4 is 29.5 Å². The smallest absolute Gasteiger partial charge is 0.246 e. The minimum absolute atomic E-state index is 0.0731. The molecule has 3 aliphatic heterocycles. The lowest BCUT2D eigenvalue weighted by Crippen LogP contribution is -2.46. The first kappa shape index (κ1) is 21.9. The van der Waals surface area contributed by atoms with Crippen LogP contribution in [-0.2, 0) is 9.59 Å². The fourth-order valence-corrected chi connectivity index (χ4v) is 5.93. The van der Waals surface area contributed by atoms with E-state index in [-0.39, 0.29) is 11.8 Å². The van der Waals surface area contributed by atoms with Crippen molar-refractivity contribution < 1.29 is 9.59 Å². The lowest BCUT2D eigenvalue weighted by molar-refractivity contribution is -0.137. The lowest BCUT2D eigenvalue weighted by Gasteiger charge is -2.33. The summed E-state index contributed by atoms with van der Waals surface area (Å²) in [7, 11) is 0. The molecule has 1 aromatic carbocycles. The molecular weight excluding hydrogens is 426 g/mol. The number of benzene rings is 1. The van der Waals surface area contributed by atoms with Gasteiger partial charge in [-0.25, -0.2) is 10.9 Å². The standard InChI is InChI=1S/C24H32ClN5O2/c25-20-5-1-16(2-6-20)3-8-23(31)30-14-18-9-11-29(12-10-19(18)15-30)24(32)17-4-7-21-22(13-17)27-28-26-21/h1-3,5-6,8,17-19,21-22,26-28H,4,7,9-15H2/b8-3+/t17?,18-,19+,21?,22?. The number of nitrogens with zero attached hydrogens (tertiary/aromatic N) is 2. The van der Waals surface area contributed by atoms with Gasteiger partial charge in [0.2, 0.25) is 11.8 Å². The number of nitrogens with one attached hydrogen (secondary N) is 3. The monoisotopic (exact) mass is 457 g/mol. The molecule has 4 fully saturated rings. The first-order chi connectivity index (χ1) is 15.6. The fraction of sp³-hybridized carbons (Fsp3) is 0.583. The molecule has 3 N–H and O–H groups in total. The Labute approximate surface area is 194 Å². The van der Waals surface area contributed by atoms with Gasteiger partial charge in [-0.05, 0) is 67.7 Å². The van der Waals surface area contributed by atoms with Crippen molar-refractivity contribution in [1.82, 2.24) is 26.2 Å². The molecule has 1 saturated carbocycles. The maximum absolute atomic E-state index is 13.2. The van der Waals surface area contributed by atoms with E-state index in [1.807, 2.05) is 35.2 Å². The number of carbonyl (C=O) groups is 2. The van der Waals surface area contributed by atoms with Gasteiger partial charge < -0.3 is 9.80 Å². The molecule has 3 saturated heterocycles. The maximum atomic E-state index is 13.2. The Bertz CT molecular complexity index is 860. The molecule has 172 valence electrons. The third-order valence-electron chi connectivity index (χ3n) is 7.74. The van der Waals surface area contributed by atoms with Gasteiger partial charge in [0.1, 0.15) is 0 Å². The summed E-state index contributed by atoms with van der Waals surface area (Å²) in [5, 5.41) is 0.692. The van der Waals surface area contributed by atoms with Gasteiger partial charge in [0.05, 0.1) is 0 Å². The summed E-state index contributed by atoms with van der Waals surface area (Å²) in [5.74, 6) is 1.50. The van der Waals surface area contributed by atoms with Crippen LogP contribution < -0.4 is 16.4 Å². The average molecular weight is 458 g/mol. The minimum atomic E-state index is 0.0731. The van der Waals surface area contributed by atoms with Crippen molar-refractivity contribution in [2.45, 2.75) is 44.2 Å². The average Bonchev–Trinajstić information content (AvgIpc) is 3.40. The van der Waals surface area contributed by atoms with E-state index in [9.17, 15) is 9.59 Å². The Balaban J connectivity index is 1.12. The Morgan fingerprint density at radius 1 is 0.906 bits per heavy atom. The molecule has 7 nitrogen and oxygen atoms in total. The van der Waals surface area contributed by atoms with Crippen LogP contribution in [0.4, 0.5) is 0 Å². The van der Waals surface area contributed by atoms with Crippen molar-refractivity contribution in [3.05, 3.63) is 40.9 Å². The zero-order chi connectivity index (χ0) is 22.1. The summed E-state index contributed by atoms with van der Waals surface area (Å²) < 4.78 is 0. The van der Waals surface area contributed by atoms with E-state index in [1.54, 1.807) is 6.08 Å². The molecule has 4 aliphatic rings. The summed E-state index contributed by atoms with van der Waals surface area (Å²) in [5.41, 5.74) is 10.5. The number of amides is 2. The topological polar surface area (TPSA) is 76.7 Å². The van der Waals surface area contributed by atoms with E-state index in [0.29, 0.717) is 34.8 Å². The van der Waals surface area contributed by atoms with Gasteiger partial charge in [-0.2, -0.15) is 5.53 Å². The van der Waals surface area contributed by atoms with Gasteiger partial charge in [-0.15, -0.1) is 0 Å². The Hall–Kier alpha value is -1.93. The number of hydrogen-bond donors (Lipinski definition) is 3. The summed E-state index contributed by atoms with van der Waals surface area (Å²) in [6.45, 7) is 3.23. The van der Waals surface area contributed by atoms with E-state index in [2.05, 4.69) is 21.3 Å². The number of likely N-dealkylation sites (tertiary alicyclic amines) is 2. The minimum Gasteiger partial charge on any atom is -0.342 e.